The van der Waals surface area contributed by atoms with Gasteiger partial charge in [0.05, 0.1) is 5.69 Å². The van der Waals surface area contributed by atoms with Crippen molar-refractivity contribution in [1.82, 2.24) is 9.38 Å². The van der Waals surface area contributed by atoms with Crippen molar-refractivity contribution in [2.75, 3.05) is 13.2 Å². The molecule has 5 heteroatoms. The molecule has 4 nitrogen and oxygen atoms in total. The van der Waals surface area contributed by atoms with E-state index in [0.717, 1.165) is 27.7 Å². The lowest BCUT2D eigenvalue weighted by atomic mass is 10.1. The van der Waals surface area contributed by atoms with Crippen LogP contribution in [0.2, 0.25) is 0 Å². The monoisotopic (exact) mass is 286 g/mol. The Morgan fingerprint density at radius 2 is 1.95 bits per heavy atom. The highest BCUT2D eigenvalue weighted by Gasteiger charge is 2.15. The molecule has 0 aliphatic carbocycles. The van der Waals surface area contributed by atoms with Gasteiger partial charge in [-0.2, -0.15) is 0 Å². The van der Waals surface area contributed by atoms with Gasteiger partial charge in [-0.25, -0.2) is 4.98 Å². The van der Waals surface area contributed by atoms with Crippen molar-refractivity contribution < 1.29 is 9.47 Å². The number of thiazole rings is 1. The molecule has 2 aromatic heterocycles. The lowest BCUT2D eigenvalue weighted by Gasteiger charge is -2.18. The summed E-state index contributed by atoms with van der Waals surface area (Å²) in [4.78, 5) is 7.04. The van der Waals surface area contributed by atoms with Crippen LogP contribution in [0.5, 0.6) is 11.5 Å². The first-order valence-electron chi connectivity index (χ1n) is 6.57. The molecule has 0 bridgehead atoms. The number of fused-ring (bicyclic) bond motifs is 2. The highest BCUT2D eigenvalue weighted by atomic mass is 32.1. The van der Waals surface area contributed by atoms with Crippen molar-refractivity contribution in [1.29, 1.82) is 0 Å². The lowest BCUT2D eigenvalue weighted by molar-refractivity contribution is 0.171. The topological polar surface area (TPSA) is 35.8 Å². The minimum Gasteiger partial charge on any atom is -0.486 e. The van der Waals surface area contributed by atoms with Crippen molar-refractivity contribution in [2.45, 2.75) is 13.8 Å². The molecule has 1 aromatic carbocycles. The van der Waals surface area contributed by atoms with Crippen LogP contribution in [0.1, 0.15) is 10.6 Å². The zero-order valence-corrected chi connectivity index (χ0v) is 12.2. The Hall–Kier alpha value is -2.01. The molecule has 0 radical (unpaired) electrons. The first-order valence-corrected chi connectivity index (χ1v) is 7.39. The molecular formula is C15H14N2O2S. The molecule has 0 atom stereocenters. The number of aromatic nitrogens is 2. The summed E-state index contributed by atoms with van der Waals surface area (Å²) in [7, 11) is 0. The largest absolute Gasteiger partial charge is 0.486 e. The molecular weight excluding hydrogens is 272 g/mol. The van der Waals surface area contributed by atoms with Gasteiger partial charge >= 0.3 is 0 Å². The summed E-state index contributed by atoms with van der Waals surface area (Å²) in [6.07, 6.45) is 2.08. The maximum absolute atomic E-state index is 5.63. The number of nitrogens with zero attached hydrogens (tertiary/aromatic N) is 2. The Balaban J connectivity index is 1.82. The van der Waals surface area contributed by atoms with Crippen LogP contribution in [0.3, 0.4) is 0 Å². The van der Waals surface area contributed by atoms with Gasteiger partial charge in [0.15, 0.2) is 16.5 Å². The minimum atomic E-state index is 0.604. The predicted molar refractivity (Wildman–Crippen MR) is 79.0 cm³/mol. The van der Waals surface area contributed by atoms with E-state index in [1.807, 2.05) is 18.2 Å². The Labute approximate surface area is 120 Å². The van der Waals surface area contributed by atoms with Crippen LogP contribution in [0.4, 0.5) is 0 Å². The van der Waals surface area contributed by atoms with E-state index in [4.69, 9.17) is 14.5 Å². The predicted octanol–water partition coefficient (Wildman–Crippen LogP) is 3.45. The average Bonchev–Trinajstić information content (AvgIpc) is 2.99. The normalized spacial score (nSPS) is 13.9. The van der Waals surface area contributed by atoms with E-state index < -0.39 is 0 Å². The van der Waals surface area contributed by atoms with Gasteiger partial charge < -0.3 is 9.47 Å². The van der Waals surface area contributed by atoms with Gasteiger partial charge in [-0.1, -0.05) is 0 Å². The Kier molecular flexibility index (Phi) is 2.50. The fraction of sp³-hybridized carbons (Fsp3) is 0.267. The third-order valence-electron chi connectivity index (χ3n) is 3.63. The second kappa shape index (κ2) is 4.24. The fourth-order valence-corrected chi connectivity index (χ4v) is 3.35. The zero-order chi connectivity index (χ0) is 13.7. The van der Waals surface area contributed by atoms with Crippen molar-refractivity contribution in [3.63, 3.8) is 0 Å². The number of ether oxygens (including phenoxy) is 2. The van der Waals surface area contributed by atoms with Gasteiger partial charge in [0.2, 0.25) is 0 Å². The van der Waals surface area contributed by atoms with Crippen LogP contribution in [0.15, 0.2) is 24.4 Å². The molecule has 0 saturated carbocycles. The quantitative estimate of drug-likeness (QED) is 0.687. The number of hydrogen-bond donors (Lipinski definition) is 0. The maximum Gasteiger partial charge on any atom is 0.194 e. The SMILES string of the molecule is Cc1sc2nc(-c3ccc4c(c3)OCCO4)cn2c1C. The highest BCUT2D eigenvalue weighted by Crippen LogP contribution is 2.35. The van der Waals surface area contributed by atoms with Gasteiger partial charge in [-0.05, 0) is 32.0 Å². The average molecular weight is 286 g/mol. The molecule has 20 heavy (non-hydrogen) atoms. The smallest absolute Gasteiger partial charge is 0.194 e. The van der Waals surface area contributed by atoms with E-state index in [2.05, 4.69) is 24.4 Å². The number of hydrogen-bond acceptors (Lipinski definition) is 4. The number of benzene rings is 1. The van der Waals surface area contributed by atoms with E-state index in [9.17, 15) is 0 Å². The Morgan fingerprint density at radius 1 is 1.15 bits per heavy atom. The molecule has 102 valence electrons. The number of aryl methyl sites for hydroxylation is 2. The van der Waals surface area contributed by atoms with Gasteiger partial charge in [0, 0.05) is 22.3 Å². The first kappa shape index (κ1) is 11.8. The summed E-state index contributed by atoms with van der Waals surface area (Å²) < 4.78 is 13.3. The first-order chi connectivity index (χ1) is 9.72. The van der Waals surface area contributed by atoms with Crippen LogP contribution in [-0.4, -0.2) is 22.6 Å². The lowest BCUT2D eigenvalue weighted by Crippen LogP contribution is -2.15. The molecule has 3 aromatic rings. The second-order valence-electron chi connectivity index (χ2n) is 4.88. The molecule has 0 unspecified atom stereocenters. The van der Waals surface area contributed by atoms with E-state index in [1.54, 1.807) is 11.3 Å². The van der Waals surface area contributed by atoms with Crippen LogP contribution in [0.25, 0.3) is 16.2 Å². The van der Waals surface area contributed by atoms with Crippen molar-refractivity contribution >= 4 is 16.3 Å². The summed E-state index contributed by atoms with van der Waals surface area (Å²) in [5.41, 5.74) is 3.28. The summed E-state index contributed by atoms with van der Waals surface area (Å²) in [5.74, 6) is 1.62. The summed E-state index contributed by atoms with van der Waals surface area (Å²) in [6.45, 7) is 5.46. The van der Waals surface area contributed by atoms with E-state index in [0.29, 0.717) is 13.2 Å². The number of rotatable bonds is 1. The standard InChI is InChI=1S/C15H14N2O2S/c1-9-10(2)20-15-16-12(8-17(9)15)11-3-4-13-14(7-11)19-6-5-18-13/h3-4,7-8H,5-6H2,1-2H3. The molecule has 0 fully saturated rings. The maximum atomic E-state index is 5.63. The molecule has 0 amide bonds. The van der Waals surface area contributed by atoms with E-state index in [1.165, 1.54) is 10.6 Å². The molecule has 0 spiro atoms. The van der Waals surface area contributed by atoms with Crippen molar-refractivity contribution in [3.05, 3.63) is 35.0 Å². The van der Waals surface area contributed by atoms with E-state index in [-0.39, 0.29) is 0 Å². The summed E-state index contributed by atoms with van der Waals surface area (Å²) in [6, 6.07) is 5.99. The third kappa shape index (κ3) is 1.70. The highest BCUT2D eigenvalue weighted by molar-refractivity contribution is 7.17. The Bertz CT molecular complexity index is 804. The van der Waals surface area contributed by atoms with Gasteiger partial charge in [-0.3, -0.25) is 4.40 Å². The van der Waals surface area contributed by atoms with Gasteiger partial charge in [0.1, 0.15) is 13.2 Å². The van der Waals surface area contributed by atoms with E-state index >= 15 is 0 Å². The second-order valence-corrected chi connectivity index (χ2v) is 6.06. The number of imidazole rings is 1. The van der Waals surface area contributed by atoms with Crippen LogP contribution in [-0.2, 0) is 0 Å². The molecule has 4 rings (SSSR count). The van der Waals surface area contributed by atoms with Crippen molar-refractivity contribution in [3.8, 4) is 22.8 Å². The molecule has 1 aliphatic rings. The summed E-state index contributed by atoms with van der Waals surface area (Å²) in [5, 5.41) is 0. The molecule has 3 heterocycles. The van der Waals surface area contributed by atoms with Crippen LogP contribution >= 0.6 is 11.3 Å². The summed E-state index contributed by atoms with van der Waals surface area (Å²) >= 11 is 1.72. The fourth-order valence-electron chi connectivity index (χ4n) is 2.40. The zero-order valence-electron chi connectivity index (χ0n) is 11.3. The molecule has 0 N–H and O–H groups in total. The third-order valence-corrected chi connectivity index (χ3v) is 4.70. The van der Waals surface area contributed by atoms with Crippen LogP contribution in [0, 0.1) is 13.8 Å². The molecule has 1 aliphatic heterocycles. The van der Waals surface area contributed by atoms with Gasteiger partial charge in [-0.15, -0.1) is 11.3 Å². The minimum absolute atomic E-state index is 0.604. The van der Waals surface area contributed by atoms with Crippen LogP contribution < -0.4 is 9.47 Å². The van der Waals surface area contributed by atoms with Gasteiger partial charge in [0.25, 0.3) is 0 Å². The molecule has 0 saturated heterocycles. The Morgan fingerprint density at radius 3 is 2.75 bits per heavy atom. The van der Waals surface area contributed by atoms with Crippen molar-refractivity contribution in [2.24, 2.45) is 0 Å².